The lowest BCUT2D eigenvalue weighted by Gasteiger charge is -2.36. The number of carbonyl (C=O) groups excluding carboxylic acids is 1. The summed E-state index contributed by atoms with van der Waals surface area (Å²) in [5.41, 5.74) is 2.92. The van der Waals surface area contributed by atoms with Crippen LogP contribution < -0.4 is 0 Å². The van der Waals surface area contributed by atoms with Gasteiger partial charge >= 0.3 is 6.09 Å². The van der Waals surface area contributed by atoms with Crippen molar-refractivity contribution in [1.82, 2.24) is 10.1 Å². The summed E-state index contributed by atoms with van der Waals surface area (Å²) in [7, 11) is 0. The third kappa shape index (κ3) is 3.72. The predicted molar refractivity (Wildman–Crippen MR) is 100 cm³/mol. The van der Waals surface area contributed by atoms with Crippen molar-refractivity contribution in [2.45, 2.75) is 57.8 Å². The molecule has 1 aromatic carbocycles. The summed E-state index contributed by atoms with van der Waals surface area (Å²) in [6.07, 6.45) is 4.03. The van der Waals surface area contributed by atoms with E-state index in [1.165, 1.54) is 5.56 Å². The maximum Gasteiger partial charge on any atom is 0.410 e. The lowest BCUT2D eigenvalue weighted by atomic mass is 9.90. The summed E-state index contributed by atoms with van der Waals surface area (Å²) in [6, 6.07) is 8.16. The van der Waals surface area contributed by atoms with E-state index in [0.717, 1.165) is 36.1 Å². The molecule has 0 N–H and O–H groups in total. The molecule has 4 rings (SSSR count). The molecular formula is C21H26N2O4. The van der Waals surface area contributed by atoms with Crippen LogP contribution in [0.4, 0.5) is 4.79 Å². The van der Waals surface area contributed by atoms with Gasteiger partial charge in [0.25, 0.3) is 0 Å². The van der Waals surface area contributed by atoms with Gasteiger partial charge in [-0.2, -0.15) is 0 Å². The molecule has 6 nitrogen and oxygen atoms in total. The van der Waals surface area contributed by atoms with Gasteiger partial charge in [0, 0.05) is 18.2 Å². The summed E-state index contributed by atoms with van der Waals surface area (Å²) in [5, 5.41) is 3.79. The van der Waals surface area contributed by atoms with Gasteiger partial charge in [0.1, 0.15) is 11.7 Å². The molecule has 0 bridgehead atoms. The van der Waals surface area contributed by atoms with Crippen molar-refractivity contribution in [3.63, 3.8) is 0 Å². The second kappa shape index (κ2) is 7.00. The zero-order chi connectivity index (χ0) is 19.0. The molecule has 1 saturated heterocycles. The standard InChI is InChI=1S/C21H26N2O4/c1-21(2,3)26-20(24)23-11-4-5-17(23)19-16-7-6-15(18-8-10-22-27-18)13-14(16)9-12-25-19/h6-8,10,13,17,19H,4-5,9,11-12H2,1-3H3/t17-,19-/m0/s1. The largest absolute Gasteiger partial charge is 0.444 e. The van der Waals surface area contributed by atoms with E-state index in [2.05, 4.69) is 17.3 Å². The summed E-state index contributed by atoms with van der Waals surface area (Å²) >= 11 is 0. The van der Waals surface area contributed by atoms with Crippen LogP contribution >= 0.6 is 0 Å². The monoisotopic (exact) mass is 370 g/mol. The van der Waals surface area contributed by atoms with E-state index in [1.54, 1.807) is 6.20 Å². The summed E-state index contributed by atoms with van der Waals surface area (Å²) < 4.78 is 17.0. The third-order valence-electron chi connectivity index (χ3n) is 5.12. The van der Waals surface area contributed by atoms with E-state index < -0.39 is 5.60 Å². The van der Waals surface area contributed by atoms with Gasteiger partial charge in [-0.15, -0.1) is 0 Å². The van der Waals surface area contributed by atoms with E-state index in [-0.39, 0.29) is 18.2 Å². The minimum atomic E-state index is -0.498. The van der Waals surface area contributed by atoms with Crippen LogP contribution in [0.1, 0.15) is 50.8 Å². The number of amides is 1. The maximum atomic E-state index is 12.7. The Labute approximate surface area is 159 Å². The Hall–Kier alpha value is -2.34. The van der Waals surface area contributed by atoms with Crippen LogP contribution in [0.3, 0.4) is 0 Å². The smallest absolute Gasteiger partial charge is 0.410 e. The van der Waals surface area contributed by atoms with E-state index in [9.17, 15) is 4.79 Å². The fourth-order valence-electron chi connectivity index (χ4n) is 3.98. The Morgan fingerprint density at radius 1 is 1.30 bits per heavy atom. The molecule has 2 atom stereocenters. The predicted octanol–water partition coefficient (Wildman–Crippen LogP) is 4.35. The molecule has 0 radical (unpaired) electrons. The lowest BCUT2D eigenvalue weighted by molar-refractivity contribution is -0.0265. The van der Waals surface area contributed by atoms with Crippen LogP contribution in [0.15, 0.2) is 35.0 Å². The van der Waals surface area contributed by atoms with Gasteiger partial charge in [-0.3, -0.25) is 0 Å². The molecular weight excluding hydrogens is 344 g/mol. The Bertz CT molecular complexity index is 810. The Morgan fingerprint density at radius 2 is 2.15 bits per heavy atom. The summed E-state index contributed by atoms with van der Waals surface area (Å²) in [4.78, 5) is 14.5. The number of ether oxygens (including phenoxy) is 2. The van der Waals surface area contributed by atoms with Crippen LogP contribution in [0.2, 0.25) is 0 Å². The van der Waals surface area contributed by atoms with Crippen LogP contribution in [0, 0.1) is 0 Å². The number of benzene rings is 1. The molecule has 1 amide bonds. The fraction of sp³-hybridized carbons (Fsp3) is 0.524. The normalized spacial score (nSPS) is 22.6. The highest BCUT2D eigenvalue weighted by Gasteiger charge is 2.40. The van der Waals surface area contributed by atoms with Crippen molar-refractivity contribution in [2.24, 2.45) is 0 Å². The lowest BCUT2D eigenvalue weighted by Crippen LogP contribution is -2.43. The minimum absolute atomic E-state index is 0.00929. The Morgan fingerprint density at radius 3 is 2.89 bits per heavy atom. The van der Waals surface area contributed by atoms with Gasteiger partial charge in [0.15, 0.2) is 5.76 Å². The first-order valence-electron chi connectivity index (χ1n) is 9.57. The Kier molecular flexibility index (Phi) is 4.68. The SMILES string of the molecule is CC(C)(C)OC(=O)N1CCC[C@H]1[C@H]1OCCc2cc(-c3ccno3)ccc21. The third-order valence-corrected chi connectivity index (χ3v) is 5.12. The molecule has 0 saturated carbocycles. The number of nitrogens with zero attached hydrogens (tertiary/aromatic N) is 2. The highest BCUT2D eigenvalue weighted by Crippen LogP contribution is 2.38. The second-order valence-electron chi connectivity index (χ2n) is 8.21. The highest BCUT2D eigenvalue weighted by molar-refractivity contribution is 5.69. The highest BCUT2D eigenvalue weighted by atomic mass is 16.6. The fourth-order valence-corrected chi connectivity index (χ4v) is 3.98. The first-order chi connectivity index (χ1) is 12.9. The molecule has 0 unspecified atom stereocenters. The molecule has 2 aliphatic rings. The van der Waals surface area contributed by atoms with Crippen LogP contribution in [-0.2, 0) is 15.9 Å². The zero-order valence-electron chi connectivity index (χ0n) is 16.1. The summed E-state index contributed by atoms with van der Waals surface area (Å²) in [5.74, 6) is 0.761. The topological polar surface area (TPSA) is 64.8 Å². The molecule has 1 fully saturated rings. The maximum absolute atomic E-state index is 12.7. The molecule has 144 valence electrons. The first-order valence-corrected chi connectivity index (χ1v) is 9.57. The number of rotatable bonds is 2. The van der Waals surface area contributed by atoms with Gasteiger partial charge in [-0.05, 0) is 57.2 Å². The van der Waals surface area contributed by atoms with Crippen LogP contribution in [0.5, 0.6) is 0 Å². The summed E-state index contributed by atoms with van der Waals surface area (Å²) in [6.45, 7) is 7.05. The van der Waals surface area contributed by atoms with Crippen molar-refractivity contribution in [3.05, 3.63) is 41.6 Å². The molecule has 0 aliphatic carbocycles. The van der Waals surface area contributed by atoms with Crippen molar-refractivity contribution < 1.29 is 18.8 Å². The number of hydrogen-bond acceptors (Lipinski definition) is 5. The second-order valence-corrected chi connectivity index (χ2v) is 8.21. The molecule has 27 heavy (non-hydrogen) atoms. The van der Waals surface area contributed by atoms with E-state index in [0.29, 0.717) is 13.2 Å². The van der Waals surface area contributed by atoms with E-state index >= 15 is 0 Å². The molecule has 2 aromatic rings. The van der Waals surface area contributed by atoms with Gasteiger partial charge in [-0.25, -0.2) is 4.79 Å². The van der Waals surface area contributed by atoms with E-state index in [4.69, 9.17) is 14.0 Å². The minimum Gasteiger partial charge on any atom is -0.444 e. The molecule has 3 heterocycles. The van der Waals surface area contributed by atoms with Gasteiger partial charge in [0.2, 0.25) is 0 Å². The zero-order valence-corrected chi connectivity index (χ0v) is 16.1. The first kappa shape index (κ1) is 18.0. The van der Waals surface area contributed by atoms with Gasteiger partial charge in [-0.1, -0.05) is 17.3 Å². The number of carbonyl (C=O) groups is 1. The number of likely N-dealkylation sites (tertiary alicyclic amines) is 1. The van der Waals surface area contributed by atoms with Crippen LogP contribution in [-0.4, -0.2) is 40.9 Å². The molecule has 2 aliphatic heterocycles. The van der Waals surface area contributed by atoms with E-state index in [1.807, 2.05) is 37.8 Å². The van der Waals surface area contributed by atoms with Crippen molar-refractivity contribution in [3.8, 4) is 11.3 Å². The average molecular weight is 370 g/mol. The van der Waals surface area contributed by atoms with Gasteiger partial charge in [0.05, 0.1) is 18.8 Å². The Balaban J connectivity index is 1.59. The number of aromatic nitrogens is 1. The van der Waals surface area contributed by atoms with Crippen LogP contribution in [0.25, 0.3) is 11.3 Å². The van der Waals surface area contributed by atoms with Gasteiger partial charge < -0.3 is 18.9 Å². The number of hydrogen-bond donors (Lipinski definition) is 0. The number of fused-ring (bicyclic) bond motifs is 1. The van der Waals surface area contributed by atoms with Crippen molar-refractivity contribution >= 4 is 6.09 Å². The quantitative estimate of drug-likeness (QED) is 0.786. The molecule has 1 aromatic heterocycles. The van der Waals surface area contributed by atoms with Crippen molar-refractivity contribution in [2.75, 3.05) is 13.2 Å². The molecule has 0 spiro atoms. The average Bonchev–Trinajstić information content (AvgIpc) is 3.31. The molecule has 6 heteroatoms. The van der Waals surface area contributed by atoms with Crippen molar-refractivity contribution in [1.29, 1.82) is 0 Å².